The fourth-order valence-electron chi connectivity index (χ4n) is 2.50. The summed E-state index contributed by atoms with van der Waals surface area (Å²) in [5.41, 5.74) is 2.05. The van der Waals surface area contributed by atoms with Gasteiger partial charge in [0.25, 0.3) is 5.69 Å². The molecular formula is C23H18N2O6. The highest BCUT2D eigenvalue weighted by Gasteiger charge is 2.07. The molecule has 3 aromatic carbocycles. The average molecular weight is 418 g/mol. The van der Waals surface area contributed by atoms with Gasteiger partial charge in [-0.2, -0.15) is 0 Å². The minimum Gasteiger partial charge on any atom is -0.444 e. The Morgan fingerprint density at radius 1 is 0.935 bits per heavy atom. The molecule has 156 valence electrons. The van der Waals surface area contributed by atoms with Crippen molar-refractivity contribution in [3.63, 3.8) is 0 Å². The first kappa shape index (κ1) is 21.3. The molecule has 8 nitrogen and oxygen atoms in total. The van der Waals surface area contributed by atoms with Crippen LogP contribution in [0.5, 0.6) is 5.75 Å². The highest BCUT2D eigenvalue weighted by atomic mass is 16.6. The second kappa shape index (κ2) is 10.4. The SMILES string of the molecule is O=C(C=Cc1ccc(NC(=O)OCc2ccccc2)cc1)Oc1ccc([N+](=O)[O-])cc1. The maximum Gasteiger partial charge on any atom is 0.411 e. The molecule has 0 aromatic heterocycles. The highest BCUT2D eigenvalue weighted by Crippen LogP contribution is 2.18. The van der Waals surface area contributed by atoms with Crippen LogP contribution in [0.1, 0.15) is 11.1 Å². The van der Waals surface area contributed by atoms with Crippen LogP contribution < -0.4 is 10.1 Å². The lowest BCUT2D eigenvalue weighted by atomic mass is 10.2. The van der Waals surface area contributed by atoms with Gasteiger partial charge in [-0.15, -0.1) is 0 Å². The molecule has 1 amide bonds. The van der Waals surface area contributed by atoms with E-state index in [-0.39, 0.29) is 18.0 Å². The van der Waals surface area contributed by atoms with E-state index in [2.05, 4.69) is 5.32 Å². The Morgan fingerprint density at radius 3 is 2.26 bits per heavy atom. The van der Waals surface area contributed by atoms with Crippen LogP contribution in [0, 0.1) is 10.1 Å². The van der Waals surface area contributed by atoms with Gasteiger partial charge in [0.15, 0.2) is 0 Å². The lowest BCUT2D eigenvalue weighted by Gasteiger charge is -2.07. The fraction of sp³-hybridized carbons (Fsp3) is 0.0435. The van der Waals surface area contributed by atoms with E-state index in [1.54, 1.807) is 30.3 Å². The predicted molar refractivity (Wildman–Crippen MR) is 114 cm³/mol. The summed E-state index contributed by atoms with van der Waals surface area (Å²) in [6.45, 7) is 0.171. The maximum absolute atomic E-state index is 11.9. The zero-order chi connectivity index (χ0) is 22.1. The van der Waals surface area contributed by atoms with Crippen LogP contribution >= 0.6 is 0 Å². The van der Waals surface area contributed by atoms with Crippen LogP contribution in [0.4, 0.5) is 16.2 Å². The molecule has 0 radical (unpaired) electrons. The second-order valence-electron chi connectivity index (χ2n) is 6.31. The summed E-state index contributed by atoms with van der Waals surface area (Å²) in [6.07, 6.45) is 2.21. The van der Waals surface area contributed by atoms with E-state index in [1.165, 1.54) is 30.3 Å². The minimum absolute atomic E-state index is 0.0898. The Balaban J connectivity index is 1.47. The lowest BCUT2D eigenvalue weighted by molar-refractivity contribution is -0.384. The number of benzene rings is 3. The highest BCUT2D eigenvalue weighted by molar-refractivity contribution is 5.89. The van der Waals surface area contributed by atoms with Gasteiger partial charge in [-0.1, -0.05) is 42.5 Å². The molecule has 0 saturated carbocycles. The van der Waals surface area contributed by atoms with Crippen molar-refractivity contribution in [2.24, 2.45) is 0 Å². The molecule has 8 heteroatoms. The molecule has 0 atom stereocenters. The summed E-state index contributed by atoms with van der Waals surface area (Å²) in [4.78, 5) is 33.9. The van der Waals surface area contributed by atoms with Gasteiger partial charge in [0, 0.05) is 23.9 Å². The standard InChI is InChI=1S/C23H18N2O6/c26-22(31-21-13-11-20(12-14-21)25(28)29)15-8-17-6-9-19(10-7-17)24-23(27)30-16-18-4-2-1-3-5-18/h1-15H,16H2,(H,24,27). The Bertz CT molecular complexity index is 1080. The zero-order valence-electron chi connectivity index (χ0n) is 16.3. The van der Waals surface area contributed by atoms with Crippen LogP contribution in [0.3, 0.4) is 0 Å². The van der Waals surface area contributed by atoms with Gasteiger partial charge in [0.2, 0.25) is 0 Å². The van der Waals surface area contributed by atoms with Crippen molar-refractivity contribution in [2.45, 2.75) is 6.61 Å². The molecule has 0 spiro atoms. The number of hydrogen-bond acceptors (Lipinski definition) is 6. The lowest BCUT2D eigenvalue weighted by Crippen LogP contribution is -2.13. The van der Waals surface area contributed by atoms with E-state index in [0.717, 1.165) is 5.56 Å². The topological polar surface area (TPSA) is 108 Å². The number of hydrogen-bond donors (Lipinski definition) is 1. The molecule has 3 aromatic rings. The zero-order valence-corrected chi connectivity index (χ0v) is 16.3. The monoisotopic (exact) mass is 418 g/mol. The van der Waals surface area contributed by atoms with Crippen molar-refractivity contribution >= 4 is 29.5 Å². The third-order valence-electron chi connectivity index (χ3n) is 4.05. The van der Waals surface area contributed by atoms with E-state index in [0.29, 0.717) is 11.3 Å². The number of anilines is 1. The number of nitrogens with zero attached hydrogens (tertiary/aromatic N) is 1. The van der Waals surface area contributed by atoms with Gasteiger partial charge in [0.05, 0.1) is 4.92 Å². The third-order valence-corrected chi connectivity index (χ3v) is 4.05. The molecule has 0 aliphatic heterocycles. The van der Waals surface area contributed by atoms with Crippen LogP contribution in [0.25, 0.3) is 6.08 Å². The molecule has 31 heavy (non-hydrogen) atoms. The molecule has 0 fully saturated rings. The summed E-state index contributed by atoms with van der Waals surface area (Å²) >= 11 is 0. The molecule has 0 aliphatic rings. The van der Waals surface area contributed by atoms with E-state index in [4.69, 9.17) is 9.47 Å². The van der Waals surface area contributed by atoms with Gasteiger partial charge in [-0.05, 0) is 41.5 Å². The molecule has 0 bridgehead atoms. The van der Waals surface area contributed by atoms with Crippen molar-refractivity contribution in [1.82, 2.24) is 0 Å². The van der Waals surface area contributed by atoms with Gasteiger partial charge in [-0.25, -0.2) is 9.59 Å². The number of ether oxygens (including phenoxy) is 2. The summed E-state index contributed by atoms with van der Waals surface area (Å²) in [5.74, 6) is -0.422. The number of nitrogens with one attached hydrogen (secondary N) is 1. The molecule has 0 unspecified atom stereocenters. The van der Waals surface area contributed by atoms with E-state index >= 15 is 0 Å². The van der Waals surface area contributed by atoms with Crippen molar-refractivity contribution in [3.8, 4) is 5.75 Å². The smallest absolute Gasteiger partial charge is 0.411 e. The summed E-state index contributed by atoms with van der Waals surface area (Å²) < 4.78 is 10.2. The number of amides is 1. The van der Waals surface area contributed by atoms with Crippen LogP contribution in [-0.2, 0) is 16.1 Å². The molecule has 3 rings (SSSR count). The van der Waals surface area contributed by atoms with Crippen LogP contribution in [0.15, 0.2) is 84.9 Å². The summed E-state index contributed by atoms with van der Waals surface area (Å²) in [6, 6.07) is 21.3. The maximum atomic E-state index is 11.9. The second-order valence-corrected chi connectivity index (χ2v) is 6.31. The van der Waals surface area contributed by atoms with Crippen molar-refractivity contribution in [2.75, 3.05) is 5.32 Å². The Hall–Kier alpha value is -4.46. The van der Waals surface area contributed by atoms with Gasteiger partial charge < -0.3 is 9.47 Å². The Labute approximate surface area is 177 Å². The van der Waals surface area contributed by atoms with Crippen LogP contribution in [0.2, 0.25) is 0 Å². The van der Waals surface area contributed by atoms with Crippen LogP contribution in [-0.4, -0.2) is 17.0 Å². The number of nitro groups is 1. The first-order valence-electron chi connectivity index (χ1n) is 9.22. The summed E-state index contributed by atoms with van der Waals surface area (Å²) in [5, 5.41) is 13.2. The molecule has 0 aliphatic carbocycles. The Morgan fingerprint density at radius 2 is 1.61 bits per heavy atom. The largest absolute Gasteiger partial charge is 0.444 e. The van der Waals surface area contributed by atoms with E-state index in [9.17, 15) is 19.7 Å². The van der Waals surface area contributed by atoms with E-state index in [1.807, 2.05) is 30.3 Å². The van der Waals surface area contributed by atoms with Crippen molar-refractivity contribution in [1.29, 1.82) is 0 Å². The molecular weight excluding hydrogens is 400 g/mol. The average Bonchev–Trinajstić information content (AvgIpc) is 2.78. The Kier molecular flexibility index (Phi) is 7.10. The normalized spacial score (nSPS) is 10.5. The quantitative estimate of drug-likeness (QED) is 0.191. The molecule has 0 heterocycles. The predicted octanol–water partition coefficient (Wildman–Crippen LogP) is 4.96. The number of non-ortho nitro benzene ring substituents is 1. The third kappa shape index (κ3) is 6.82. The first-order valence-corrected chi connectivity index (χ1v) is 9.22. The van der Waals surface area contributed by atoms with Gasteiger partial charge in [-0.3, -0.25) is 15.4 Å². The van der Waals surface area contributed by atoms with Crippen molar-refractivity contribution in [3.05, 3.63) is 106 Å². The fourth-order valence-corrected chi connectivity index (χ4v) is 2.50. The molecule has 1 N–H and O–H groups in total. The number of esters is 1. The van der Waals surface area contributed by atoms with Gasteiger partial charge >= 0.3 is 12.1 Å². The number of rotatable bonds is 7. The molecule has 0 saturated heterocycles. The van der Waals surface area contributed by atoms with Gasteiger partial charge in [0.1, 0.15) is 12.4 Å². The minimum atomic E-state index is -0.624. The summed E-state index contributed by atoms with van der Waals surface area (Å²) in [7, 11) is 0. The number of carbonyl (C=O) groups excluding carboxylic acids is 2. The number of carbonyl (C=O) groups is 2. The van der Waals surface area contributed by atoms with Crippen molar-refractivity contribution < 1.29 is 24.0 Å². The first-order chi connectivity index (χ1) is 15.0. The van der Waals surface area contributed by atoms with E-state index < -0.39 is 17.0 Å². The number of nitro benzene ring substituents is 1.